The number of fused-ring (bicyclic) bond motifs is 1. The van der Waals surface area contributed by atoms with Gasteiger partial charge in [0.15, 0.2) is 0 Å². The first kappa shape index (κ1) is 9.21. The molecule has 0 bridgehead atoms. The summed E-state index contributed by atoms with van der Waals surface area (Å²) in [7, 11) is 1.97. The minimum atomic E-state index is 1.04. The van der Waals surface area contributed by atoms with Gasteiger partial charge in [-0.25, -0.2) is 0 Å². The highest BCUT2D eigenvalue weighted by Gasteiger charge is 2.09. The number of nitrogens with one attached hydrogen (secondary N) is 1. The number of H-pyrrole nitrogens is 1. The van der Waals surface area contributed by atoms with Crippen LogP contribution in [0.4, 0.5) is 0 Å². The van der Waals surface area contributed by atoms with E-state index >= 15 is 0 Å². The second-order valence-corrected chi connectivity index (χ2v) is 4.02. The maximum absolute atomic E-state index is 4.37. The van der Waals surface area contributed by atoms with Crippen LogP contribution >= 0.6 is 0 Å². The number of aromatic amines is 1. The van der Waals surface area contributed by atoms with E-state index in [-0.39, 0.29) is 0 Å². The van der Waals surface area contributed by atoms with Crippen LogP contribution < -0.4 is 0 Å². The molecule has 3 aromatic rings. The average Bonchev–Trinajstić information content (AvgIpc) is 2.83. The number of nitrogens with zero attached hydrogens (tertiary/aromatic N) is 2. The van der Waals surface area contributed by atoms with Gasteiger partial charge in [-0.1, -0.05) is 30.3 Å². The zero-order valence-electron chi connectivity index (χ0n) is 9.36. The molecule has 0 aliphatic heterocycles. The van der Waals surface area contributed by atoms with Crippen LogP contribution in [0.3, 0.4) is 0 Å². The molecule has 1 aromatic carbocycles. The summed E-state index contributed by atoms with van der Waals surface area (Å²) >= 11 is 0. The highest BCUT2D eigenvalue weighted by molar-refractivity contribution is 5.84. The van der Waals surface area contributed by atoms with E-state index in [9.17, 15) is 0 Å². The van der Waals surface area contributed by atoms with Crippen LogP contribution in [0.15, 0.2) is 36.4 Å². The summed E-state index contributed by atoms with van der Waals surface area (Å²) in [6.45, 7) is 2.02. The molecule has 16 heavy (non-hydrogen) atoms. The summed E-state index contributed by atoms with van der Waals surface area (Å²) in [4.78, 5) is 3.42. The van der Waals surface area contributed by atoms with Crippen molar-refractivity contribution in [1.29, 1.82) is 0 Å². The fourth-order valence-electron chi connectivity index (χ4n) is 2.08. The van der Waals surface area contributed by atoms with Crippen LogP contribution in [0.25, 0.3) is 22.3 Å². The lowest BCUT2D eigenvalue weighted by atomic mass is 10.2. The van der Waals surface area contributed by atoms with Crippen molar-refractivity contribution in [3.63, 3.8) is 0 Å². The van der Waals surface area contributed by atoms with E-state index < -0.39 is 0 Å². The molecule has 3 heteroatoms. The first-order chi connectivity index (χ1) is 7.75. The predicted octanol–water partition coefficient (Wildman–Crippen LogP) is 2.88. The van der Waals surface area contributed by atoms with Crippen LogP contribution in [0.2, 0.25) is 0 Å². The largest absolute Gasteiger partial charge is 0.352 e. The molecule has 0 saturated heterocycles. The number of hydrogen-bond donors (Lipinski definition) is 1. The number of rotatable bonds is 1. The van der Waals surface area contributed by atoms with Crippen LogP contribution in [-0.2, 0) is 7.05 Å². The van der Waals surface area contributed by atoms with Crippen molar-refractivity contribution in [1.82, 2.24) is 14.8 Å². The number of hydrogen-bond acceptors (Lipinski definition) is 1. The van der Waals surface area contributed by atoms with Crippen molar-refractivity contribution < 1.29 is 0 Å². The Hall–Kier alpha value is -2.03. The molecule has 0 radical (unpaired) electrons. The Morgan fingerprint density at radius 3 is 2.62 bits per heavy atom. The first-order valence-corrected chi connectivity index (χ1v) is 5.33. The van der Waals surface area contributed by atoms with E-state index in [1.807, 2.05) is 36.9 Å². The first-order valence-electron chi connectivity index (χ1n) is 5.33. The summed E-state index contributed by atoms with van der Waals surface area (Å²) in [6.07, 6.45) is 0. The van der Waals surface area contributed by atoms with E-state index in [0.717, 1.165) is 22.4 Å². The SMILES string of the molecule is Cc1nn(C)c2cc(-c3ccccc3)[nH]c12. The van der Waals surface area contributed by atoms with Crippen molar-refractivity contribution in [2.24, 2.45) is 7.05 Å². The molecule has 0 saturated carbocycles. The Morgan fingerprint density at radius 2 is 1.94 bits per heavy atom. The van der Waals surface area contributed by atoms with E-state index in [1.165, 1.54) is 5.56 Å². The third kappa shape index (κ3) is 1.25. The fourth-order valence-corrected chi connectivity index (χ4v) is 2.08. The van der Waals surface area contributed by atoms with Gasteiger partial charge in [-0.15, -0.1) is 0 Å². The molecule has 0 spiro atoms. The van der Waals surface area contributed by atoms with Crippen molar-refractivity contribution >= 4 is 11.0 Å². The summed E-state index contributed by atoms with van der Waals surface area (Å²) in [5.41, 5.74) is 5.67. The van der Waals surface area contributed by atoms with E-state index in [1.54, 1.807) is 0 Å². The number of benzene rings is 1. The molecule has 3 rings (SSSR count). The smallest absolute Gasteiger partial charge is 0.0876 e. The fraction of sp³-hybridized carbons (Fsp3) is 0.154. The molecule has 2 aromatic heterocycles. The zero-order chi connectivity index (χ0) is 11.1. The molecule has 3 nitrogen and oxygen atoms in total. The zero-order valence-corrected chi connectivity index (χ0v) is 9.36. The molecule has 0 atom stereocenters. The van der Waals surface area contributed by atoms with Gasteiger partial charge >= 0.3 is 0 Å². The average molecular weight is 211 g/mol. The third-order valence-corrected chi connectivity index (χ3v) is 2.89. The normalized spacial score (nSPS) is 11.1. The molecule has 0 unspecified atom stereocenters. The van der Waals surface area contributed by atoms with E-state index in [2.05, 4.69) is 28.3 Å². The highest BCUT2D eigenvalue weighted by Crippen LogP contribution is 2.25. The molecule has 0 fully saturated rings. The summed E-state index contributed by atoms with van der Waals surface area (Å²) < 4.78 is 1.91. The number of aryl methyl sites for hydroxylation is 2. The molecule has 0 aliphatic carbocycles. The van der Waals surface area contributed by atoms with Crippen molar-refractivity contribution in [2.75, 3.05) is 0 Å². The minimum absolute atomic E-state index is 1.04. The molecule has 0 amide bonds. The lowest BCUT2D eigenvalue weighted by Gasteiger charge is -1.96. The van der Waals surface area contributed by atoms with Gasteiger partial charge in [0, 0.05) is 12.7 Å². The number of aromatic nitrogens is 3. The molecular formula is C13H13N3. The van der Waals surface area contributed by atoms with Gasteiger partial charge in [-0.3, -0.25) is 4.68 Å². The van der Waals surface area contributed by atoms with Gasteiger partial charge in [0.05, 0.1) is 16.7 Å². The minimum Gasteiger partial charge on any atom is -0.352 e. The Labute approximate surface area is 93.7 Å². The quantitative estimate of drug-likeness (QED) is 0.659. The van der Waals surface area contributed by atoms with Gasteiger partial charge in [0.2, 0.25) is 0 Å². The third-order valence-electron chi connectivity index (χ3n) is 2.89. The maximum atomic E-state index is 4.37. The van der Waals surface area contributed by atoms with Gasteiger partial charge < -0.3 is 4.98 Å². The van der Waals surface area contributed by atoms with Gasteiger partial charge in [0.25, 0.3) is 0 Å². The van der Waals surface area contributed by atoms with Crippen molar-refractivity contribution in [3.8, 4) is 11.3 Å². The Kier molecular flexibility index (Phi) is 1.86. The summed E-state index contributed by atoms with van der Waals surface area (Å²) in [5, 5.41) is 4.37. The monoisotopic (exact) mass is 211 g/mol. The second-order valence-electron chi connectivity index (χ2n) is 4.02. The van der Waals surface area contributed by atoms with Crippen molar-refractivity contribution in [2.45, 2.75) is 6.92 Å². The second kappa shape index (κ2) is 3.23. The van der Waals surface area contributed by atoms with Crippen LogP contribution in [0.1, 0.15) is 5.69 Å². The summed E-state index contributed by atoms with van der Waals surface area (Å²) in [5.74, 6) is 0. The highest BCUT2D eigenvalue weighted by atomic mass is 15.3. The van der Waals surface area contributed by atoms with E-state index in [0.29, 0.717) is 0 Å². The molecule has 80 valence electrons. The molecular weight excluding hydrogens is 198 g/mol. The molecule has 0 aliphatic rings. The van der Waals surface area contributed by atoms with Gasteiger partial charge in [0.1, 0.15) is 0 Å². The lowest BCUT2D eigenvalue weighted by Crippen LogP contribution is -1.89. The Morgan fingerprint density at radius 1 is 1.19 bits per heavy atom. The molecule has 2 heterocycles. The van der Waals surface area contributed by atoms with Crippen LogP contribution in [0, 0.1) is 6.92 Å². The Balaban J connectivity index is 2.23. The maximum Gasteiger partial charge on any atom is 0.0876 e. The predicted molar refractivity (Wildman–Crippen MR) is 65.2 cm³/mol. The van der Waals surface area contributed by atoms with Gasteiger partial charge in [-0.2, -0.15) is 5.10 Å². The standard InChI is InChI=1S/C13H13N3/c1-9-13-12(16(2)15-9)8-11(14-13)10-6-4-3-5-7-10/h3-8,14H,1-2H3. The summed E-state index contributed by atoms with van der Waals surface area (Å²) in [6, 6.07) is 12.5. The van der Waals surface area contributed by atoms with Crippen LogP contribution in [-0.4, -0.2) is 14.8 Å². The lowest BCUT2D eigenvalue weighted by molar-refractivity contribution is 0.783. The van der Waals surface area contributed by atoms with Crippen molar-refractivity contribution in [3.05, 3.63) is 42.1 Å². The topological polar surface area (TPSA) is 33.6 Å². The van der Waals surface area contributed by atoms with E-state index in [4.69, 9.17) is 0 Å². The van der Waals surface area contributed by atoms with Crippen LogP contribution in [0.5, 0.6) is 0 Å². The Bertz CT molecular complexity index is 597. The van der Waals surface area contributed by atoms with Gasteiger partial charge in [-0.05, 0) is 18.6 Å². The molecule has 1 N–H and O–H groups in total.